The maximum absolute atomic E-state index is 8.94. The summed E-state index contributed by atoms with van der Waals surface area (Å²) in [7, 11) is 0. The Morgan fingerprint density at radius 1 is 1.89 bits per heavy atom. The summed E-state index contributed by atoms with van der Waals surface area (Å²) in [6.45, 7) is 1.82. The largest absolute Gasteiger partial charge is 0.393 e. The monoisotopic (exact) mass is 127 g/mol. The molecular weight excluding hydrogens is 114 g/mol. The predicted molar refractivity (Wildman–Crippen MR) is 37.0 cm³/mol. The summed E-state index contributed by atoms with van der Waals surface area (Å²) in [5, 5.41) is 12.1. The Hall–Kier alpha value is -0.500. The van der Waals surface area contributed by atoms with Crippen LogP contribution >= 0.6 is 0 Å². The van der Waals surface area contributed by atoms with Gasteiger partial charge in [0.15, 0.2) is 0 Å². The molecule has 0 bridgehead atoms. The molecule has 1 aliphatic rings. The van der Waals surface area contributed by atoms with Crippen LogP contribution in [0.4, 0.5) is 0 Å². The fourth-order valence-corrected chi connectivity index (χ4v) is 1.08. The molecule has 1 heterocycles. The molecule has 2 atom stereocenters. The zero-order valence-corrected chi connectivity index (χ0v) is 5.67. The van der Waals surface area contributed by atoms with Gasteiger partial charge in [-0.25, -0.2) is 0 Å². The second kappa shape index (κ2) is 2.87. The molecule has 0 amide bonds. The van der Waals surface area contributed by atoms with E-state index in [9.17, 15) is 0 Å². The highest BCUT2D eigenvalue weighted by molar-refractivity contribution is 4.95. The van der Waals surface area contributed by atoms with Gasteiger partial charge in [0.05, 0.1) is 6.10 Å². The van der Waals surface area contributed by atoms with Crippen LogP contribution in [0.5, 0.6) is 0 Å². The predicted octanol–water partition coefficient (Wildman–Crippen LogP) is 0.633. The molecule has 1 rings (SSSR count). The van der Waals surface area contributed by atoms with E-state index in [4.69, 9.17) is 5.11 Å². The van der Waals surface area contributed by atoms with E-state index in [2.05, 4.69) is 11.4 Å². The first-order valence-corrected chi connectivity index (χ1v) is 3.38. The summed E-state index contributed by atoms with van der Waals surface area (Å²) < 4.78 is 0. The third-order valence-corrected chi connectivity index (χ3v) is 1.50. The number of nitrogens with one attached hydrogen (secondary N) is 1. The SMILES string of the molecule is CC(O)C[C@@H]1CC=CN1. The Kier molecular flexibility index (Phi) is 2.11. The lowest BCUT2D eigenvalue weighted by atomic mass is 10.1. The molecule has 2 N–H and O–H groups in total. The maximum atomic E-state index is 8.94. The molecular formula is C7H13NO. The van der Waals surface area contributed by atoms with Crippen LogP contribution < -0.4 is 5.32 Å². The zero-order valence-electron chi connectivity index (χ0n) is 5.67. The van der Waals surface area contributed by atoms with Crippen molar-refractivity contribution in [2.45, 2.75) is 31.9 Å². The summed E-state index contributed by atoms with van der Waals surface area (Å²) in [4.78, 5) is 0. The maximum Gasteiger partial charge on any atom is 0.0531 e. The smallest absolute Gasteiger partial charge is 0.0531 e. The second-order valence-electron chi connectivity index (χ2n) is 2.59. The highest BCUT2D eigenvalue weighted by Gasteiger charge is 2.10. The van der Waals surface area contributed by atoms with E-state index in [1.54, 1.807) is 0 Å². The topological polar surface area (TPSA) is 32.3 Å². The third-order valence-electron chi connectivity index (χ3n) is 1.50. The molecule has 0 aromatic heterocycles. The highest BCUT2D eigenvalue weighted by atomic mass is 16.3. The van der Waals surface area contributed by atoms with Crippen molar-refractivity contribution < 1.29 is 5.11 Å². The molecule has 2 nitrogen and oxygen atoms in total. The van der Waals surface area contributed by atoms with E-state index in [-0.39, 0.29) is 6.10 Å². The Morgan fingerprint density at radius 2 is 2.67 bits per heavy atom. The van der Waals surface area contributed by atoms with Crippen LogP contribution in [0.25, 0.3) is 0 Å². The number of hydrogen-bond acceptors (Lipinski definition) is 2. The van der Waals surface area contributed by atoms with E-state index in [1.165, 1.54) is 0 Å². The Morgan fingerprint density at radius 3 is 3.11 bits per heavy atom. The Labute approximate surface area is 55.6 Å². The van der Waals surface area contributed by atoms with Crippen molar-refractivity contribution in [3.05, 3.63) is 12.3 Å². The van der Waals surface area contributed by atoms with Gasteiger partial charge in [0, 0.05) is 6.04 Å². The van der Waals surface area contributed by atoms with Gasteiger partial charge in [-0.3, -0.25) is 0 Å². The van der Waals surface area contributed by atoms with Gasteiger partial charge in [-0.15, -0.1) is 0 Å². The van der Waals surface area contributed by atoms with Crippen molar-refractivity contribution >= 4 is 0 Å². The first kappa shape index (κ1) is 6.62. The summed E-state index contributed by atoms with van der Waals surface area (Å²) in [5.74, 6) is 0. The summed E-state index contributed by atoms with van der Waals surface area (Å²) in [6.07, 6.45) is 5.78. The molecule has 9 heavy (non-hydrogen) atoms. The van der Waals surface area contributed by atoms with E-state index in [0.29, 0.717) is 6.04 Å². The van der Waals surface area contributed by atoms with E-state index >= 15 is 0 Å². The quantitative estimate of drug-likeness (QED) is 0.570. The van der Waals surface area contributed by atoms with Gasteiger partial charge < -0.3 is 10.4 Å². The Balaban J connectivity index is 2.14. The van der Waals surface area contributed by atoms with Crippen molar-refractivity contribution in [2.75, 3.05) is 0 Å². The average Bonchev–Trinajstić information content (AvgIpc) is 2.15. The fraction of sp³-hybridized carbons (Fsp3) is 0.714. The minimum Gasteiger partial charge on any atom is -0.393 e. The van der Waals surface area contributed by atoms with Crippen molar-refractivity contribution in [1.29, 1.82) is 0 Å². The van der Waals surface area contributed by atoms with Gasteiger partial charge in [-0.05, 0) is 26.0 Å². The minimum atomic E-state index is -0.178. The molecule has 1 aliphatic heterocycles. The van der Waals surface area contributed by atoms with Gasteiger partial charge in [0.2, 0.25) is 0 Å². The number of aliphatic hydroxyl groups is 1. The van der Waals surface area contributed by atoms with Crippen LogP contribution in [0.2, 0.25) is 0 Å². The van der Waals surface area contributed by atoms with Gasteiger partial charge >= 0.3 is 0 Å². The molecule has 2 heteroatoms. The first-order chi connectivity index (χ1) is 4.29. The lowest BCUT2D eigenvalue weighted by molar-refractivity contribution is 0.172. The van der Waals surface area contributed by atoms with Gasteiger partial charge in [0.1, 0.15) is 0 Å². The van der Waals surface area contributed by atoms with Gasteiger partial charge in [-0.2, -0.15) is 0 Å². The van der Waals surface area contributed by atoms with Crippen LogP contribution in [0.1, 0.15) is 19.8 Å². The van der Waals surface area contributed by atoms with Crippen LogP contribution in [0, 0.1) is 0 Å². The zero-order chi connectivity index (χ0) is 6.69. The van der Waals surface area contributed by atoms with Crippen molar-refractivity contribution in [3.63, 3.8) is 0 Å². The van der Waals surface area contributed by atoms with Crippen molar-refractivity contribution in [2.24, 2.45) is 0 Å². The molecule has 0 spiro atoms. The van der Waals surface area contributed by atoms with E-state index in [0.717, 1.165) is 12.8 Å². The minimum absolute atomic E-state index is 0.178. The summed E-state index contributed by atoms with van der Waals surface area (Å²) in [5.41, 5.74) is 0. The summed E-state index contributed by atoms with van der Waals surface area (Å²) in [6, 6.07) is 0.477. The molecule has 0 aromatic carbocycles. The molecule has 52 valence electrons. The molecule has 0 aliphatic carbocycles. The van der Waals surface area contributed by atoms with Crippen LogP contribution in [0.15, 0.2) is 12.3 Å². The van der Waals surface area contributed by atoms with Crippen LogP contribution in [0.3, 0.4) is 0 Å². The molecule has 0 saturated heterocycles. The molecule has 0 aromatic rings. The van der Waals surface area contributed by atoms with Crippen molar-refractivity contribution in [3.8, 4) is 0 Å². The fourth-order valence-electron chi connectivity index (χ4n) is 1.08. The second-order valence-corrected chi connectivity index (χ2v) is 2.59. The number of rotatable bonds is 2. The highest BCUT2D eigenvalue weighted by Crippen LogP contribution is 2.07. The normalized spacial score (nSPS) is 28.0. The Bertz CT molecular complexity index is 101. The van der Waals surface area contributed by atoms with Crippen LogP contribution in [-0.4, -0.2) is 17.3 Å². The van der Waals surface area contributed by atoms with Gasteiger partial charge in [-0.1, -0.05) is 6.08 Å². The lowest BCUT2D eigenvalue weighted by Gasteiger charge is -2.11. The molecule has 1 unspecified atom stereocenters. The molecule has 0 radical (unpaired) electrons. The molecule has 0 saturated carbocycles. The van der Waals surface area contributed by atoms with E-state index in [1.807, 2.05) is 13.1 Å². The van der Waals surface area contributed by atoms with Crippen molar-refractivity contribution in [1.82, 2.24) is 5.32 Å². The number of hydrogen-bond donors (Lipinski definition) is 2. The first-order valence-electron chi connectivity index (χ1n) is 3.38. The third kappa shape index (κ3) is 2.06. The van der Waals surface area contributed by atoms with Crippen LogP contribution in [-0.2, 0) is 0 Å². The van der Waals surface area contributed by atoms with E-state index < -0.39 is 0 Å². The number of aliphatic hydroxyl groups excluding tert-OH is 1. The standard InChI is InChI=1S/C7H13NO/c1-6(9)5-7-3-2-4-8-7/h2,4,6-9H,3,5H2,1H3/t6?,7-/m0/s1. The average molecular weight is 127 g/mol. The lowest BCUT2D eigenvalue weighted by Crippen LogP contribution is -2.23. The van der Waals surface area contributed by atoms with Gasteiger partial charge in [0.25, 0.3) is 0 Å². The summed E-state index contributed by atoms with van der Waals surface area (Å²) >= 11 is 0. The molecule has 0 fully saturated rings.